The number of fused-ring (bicyclic) bond motifs is 1. The molecule has 0 N–H and O–H groups in total. The van der Waals surface area contributed by atoms with Crippen LogP contribution in [-0.2, 0) is 0 Å². The van der Waals surface area contributed by atoms with Gasteiger partial charge in [0.15, 0.2) is 0 Å². The van der Waals surface area contributed by atoms with Crippen LogP contribution in [0, 0.1) is 6.92 Å². The standard InChI is InChI=1S/C21H19N3OS/c1-14-13-16(7-10-18(14)25-2)19-20(15-5-8-17(26-3)9-6-15)24-12-4-11-22-21(24)23-19/h4-13H,1-3H3. The number of hydrogen-bond acceptors (Lipinski definition) is 4. The van der Waals surface area contributed by atoms with E-state index in [1.807, 2.05) is 35.7 Å². The molecule has 130 valence electrons. The first kappa shape index (κ1) is 16.7. The van der Waals surface area contributed by atoms with Gasteiger partial charge in [-0.2, -0.15) is 0 Å². The Morgan fingerprint density at radius 1 is 1.04 bits per heavy atom. The van der Waals surface area contributed by atoms with Crippen LogP contribution in [0.2, 0.25) is 0 Å². The number of benzene rings is 2. The number of imidazole rings is 1. The van der Waals surface area contributed by atoms with Crippen molar-refractivity contribution < 1.29 is 4.74 Å². The minimum atomic E-state index is 0.694. The Hall–Kier alpha value is -2.79. The normalized spacial score (nSPS) is 11.0. The minimum Gasteiger partial charge on any atom is -0.496 e. The molecule has 0 fully saturated rings. The summed E-state index contributed by atoms with van der Waals surface area (Å²) in [5.74, 6) is 1.57. The molecule has 26 heavy (non-hydrogen) atoms. The third-order valence-corrected chi connectivity index (χ3v) is 5.18. The van der Waals surface area contributed by atoms with Gasteiger partial charge in [-0.1, -0.05) is 12.1 Å². The Bertz CT molecular complexity index is 1070. The Morgan fingerprint density at radius 2 is 1.81 bits per heavy atom. The molecule has 0 amide bonds. The van der Waals surface area contributed by atoms with Gasteiger partial charge >= 0.3 is 0 Å². The summed E-state index contributed by atoms with van der Waals surface area (Å²) >= 11 is 1.74. The second kappa shape index (κ2) is 6.84. The van der Waals surface area contributed by atoms with Crippen LogP contribution in [0.3, 0.4) is 0 Å². The van der Waals surface area contributed by atoms with Gasteiger partial charge < -0.3 is 4.74 Å². The van der Waals surface area contributed by atoms with Gasteiger partial charge in [0.1, 0.15) is 5.75 Å². The lowest BCUT2D eigenvalue weighted by molar-refractivity contribution is 0.412. The zero-order valence-electron chi connectivity index (χ0n) is 14.9. The Labute approximate surface area is 156 Å². The molecule has 4 aromatic rings. The summed E-state index contributed by atoms with van der Waals surface area (Å²) in [5.41, 5.74) is 5.22. The fourth-order valence-corrected chi connectivity index (χ4v) is 3.55. The van der Waals surface area contributed by atoms with Crippen LogP contribution in [0.15, 0.2) is 65.8 Å². The molecule has 0 radical (unpaired) electrons. The second-order valence-electron chi connectivity index (χ2n) is 6.01. The molecule has 2 aromatic heterocycles. The molecule has 0 aliphatic carbocycles. The smallest absolute Gasteiger partial charge is 0.234 e. The summed E-state index contributed by atoms with van der Waals surface area (Å²) in [4.78, 5) is 10.5. The van der Waals surface area contributed by atoms with Crippen LogP contribution >= 0.6 is 11.8 Å². The Kier molecular flexibility index (Phi) is 4.39. The summed E-state index contributed by atoms with van der Waals surface area (Å²) in [5, 5.41) is 0. The average molecular weight is 361 g/mol. The van der Waals surface area contributed by atoms with Gasteiger partial charge in [-0.25, -0.2) is 9.97 Å². The van der Waals surface area contributed by atoms with Gasteiger partial charge in [-0.05, 0) is 55.1 Å². The molecule has 0 aliphatic rings. The molecule has 0 unspecified atom stereocenters. The predicted octanol–water partition coefficient (Wildman–Crippen LogP) is 5.10. The minimum absolute atomic E-state index is 0.694. The molecule has 4 rings (SSSR count). The molecule has 5 heteroatoms. The molecule has 0 saturated heterocycles. The van der Waals surface area contributed by atoms with Gasteiger partial charge in [0.25, 0.3) is 0 Å². The predicted molar refractivity (Wildman–Crippen MR) is 107 cm³/mol. The number of rotatable bonds is 4. The lowest BCUT2D eigenvalue weighted by atomic mass is 10.0. The fraction of sp³-hybridized carbons (Fsp3) is 0.143. The highest BCUT2D eigenvalue weighted by Crippen LogP contribution is 2.34. The van der Waals surface area contributed by atoms with Gasteiger partial charge in [-0.15, -0.1) is 11.8 Å². The highest BCUT2D eigenvalue weighted by molar-refractivity contribution is 7.98. The van der Waals surface area contributed by atoms with E-state index >= 15 is 0 Å². The first-order valence-corrected chi connectivity index (χ1v) is 9.56. The zero-order chi connectivity index (χ0) is 18.1. The molecule has 0 aliphatic heterocycles. The molecular formula is C21H19N3OS. The number of nitrogens with zero attached hydrogens (tertiary/aromatic N) is 3. The maximum Gasteiger partial charge on any atom is 0.234 e. The topological polar surface area (TPSA) is 39.4 Å². The van der Waals surface area contributed by atoms with Crippen molar-refractivity contribution in [2.24, 2.45) is 0 Å². The van der Waals surface area contributed by atoms with Crippen molar-refractivity contribution in [1.82, 2.24) is 14.4 Å². The Morgan fingerprint density at radius 3 is 2.50 bits per heavy atom. The molecular weight excluding hydrogens is 342 g/mol. The summed E-state index contributed by atoms with van der Waals surface area (Å²) < 4.78 is 7.44. The van der Waals surface area contributed by atoms with E-state index in [1.54, 1.807) is 25.1 Å². The van der Waals surface area contributed by atoms with Crippen molar-refractivity contribution in [3.63, 3.8) is 0 Å². The second-order valence-corrected chi connectivity index (χ2v) is 6.89. The molecule has 0 bridgehead atoms. The van der Waals surface area contributed by atoms with Gasteiger partial charge in [-0.3, -0.25) is 4.40 Å². The number of aromatic nitrogens is 3. The summed E-state index contributed by atoms with van der Waals surface area (Å²) in [7, 11) is 1.69. The van der Waals surface area contributed by atoms with Crippen molar-refractivity contribution in [1.29, 1.82) is 0 Å². The number of methoxy groups -OCH3 is 1. The highest BCUT2D eigenvalue weighted by atomic mass is 32.2. The number of ether oxygens (including phenoxy) is 1. The molecule has 0 atom stereocenters. The molecule has 2 aromatic carbocycles. The largest absolute Gasteiger partial charge is 0.496 e. The third kappa shape index (κ3) is 2.84. The van der Waals surface area contributed by atoms with Crippen molar-refractivity contribution in [2.45, 2.75) is 11.8 Å². The van der Waals surface area contributed by atoms with E-state index in [9.17, 15) is 0 Å². The van der Waals surface area contributed by atoms with E-state index in [0.29, 0.717) is 5.78 Å². The first-order valence-electron chi connectivity index (χ1n) is 8.34. The zero-order valence-corrected chi connectivity index (χ0v) is 15.7. The van der Waals surface area contributed by atoms with E-state index in [0.717, 1.165) is 33.8 Å². The van der Waals surface area contributed by atoms with Gasteiger partial charge in [0.05, 0.1) is 18.5 Å². The molecule has 4 nitrogen and oxygen atoms in total. The van der Waals surface area contributed by atoms with Crippen LogP contribution in [-0.4, -0.2) is 27.7 Å². The summed E-state index contributed by atoms with van der Waals surface area (Å²) in [6.45, 7) is 2.04. The number of aryl methyl sites for hydroxylation is 1. The van der Waals surface area contributed by atoms with E-state index in [2.05, 4.69) is 41.6 Å². The SMILES string of the molecule is COc1ccc(-c2nc3ncccn3c2-c2ccc(SC)cc2)cc1C. The summed E-state index contributed by atoms with van der Waals surface area (Å²) in [6.07, 6.45) is 5.86. The number of thioether (sulfide) groups is 1. The van der Waals surface area contributed by atoms with Crippen LogP contribution in [0.25, 0.3) is 28.3 Å². The van der Waals surface area contributed by atoms with E-state index in [1.165, 1.54) is 4.90 Å². The average Bonchev–Trinajstić information content (AvgIpc) is 3.07. The highest BCUT2D eigenvalue weighted by Gasteiger charge is 2.17. The van der Waals surface area contributed by atoms with Gasteiger partial charge in [0.2, 0.25) is 5.78 Å². The first-order chi connectivity index (χ1) is 12.7. The fourth-order valence-electron chi connectivity index (χ4n) is 3.14. The van der Waals surface area contributed by atoms with Crippen molar-refractivity contribution in [3.05, 3.63) is 66.5 Å². The van der Waals surface area contributed by atoms with E-state index in [4.69, 9.17) is 9.72 Å². The summed E-state index contributed by atoms with van der Waals surface area (Å²) in [6, 6.07) is 16.6. The van der Waals surface area contributed by atoms with Crippen LogP contribution in [0.4, 0.5) is 0 Å². The maximum absolute atomic E-state index is 5.39. The monoisotopic (exact) mass is 361 g/mol. The molecule has 2 heterocycles. The third-order valence-electron chi connectivity index (χ3n) is 4.44. The van der Waals surface area contributed by atoms with Crippen molar-refractivity contribution in [3.8, 4) is 28.3 Å². The van der Waals surface area contributed by atoms with E-state index in [-0.39, 0.29) is 0 Å². The van der Waals surface area contributed by atoms with Gasteiger partial charge in [0, 0.05) is 28.4 Å². The number of hydrogen-bond donors (Lipinski definition) is 0. The maximum atomic E-state index is 5.39. The van der Waals surface area contributed by atoms with Crippen molar-refractivity contribution >= 4 is 17.5 Å². The van der Waals surface area contributed by atoms with Crippen LogP contribution in [0.1, 0.15) is 5.56 Å². The van der Waals surface area contributed by atoms with Crippen molar-refractivity contribution in [2.75, 3.05) is 13.4 Å². The van der Waals surface area contributed by atoms with Crippen LogP contribution < -0.4 is 4.74 Å². The lowest BCUT2D eigenvalue weighted by Crippen LogP contribution is -1.91. The molecule has 0 saturated carbocycles. The Balaban J connectivity index is 1.95. The lowest BCUT2D eigenvalue weighted by Gasteiger charge is -2.09. The molecule has 0 spiro atoms. The van der Waals surface area contributed by atoms with E-state index < -0.39 is 0 Å². The quantitative estimate of drug-likeness (QED) is 0.474. The van der Waals surface area contributed by atoms with Crippen LogP contribution in [0.5, 0.6) is 5.75 Å².